The summed E-state index contributed by atoms with van der Waals surface area (Å²) >= 11 is 5.91. The number of amides is 1. The SMILES string of the molecule is CNC(=O)CCn1c(CCl)nc2ccc(OC)cc21. The number of nitrogens with one attached hydrogen (secondary N) is 1. The summed E-state index contributed by atoms with van der Waals surface area (Å²) < 4.78 is 7.17. The number of hydrogen-bond acceptors (Lipinski definition) is 3. The van der Waals surface area contributed by atoms with Gasteiger partial charge in [0.15, 0.2) is 0 Å². The lowest BCUT2D eigenvalue weighted by molar-refractivity contribution is -0.120. The predicted molar refractivity (Wildman–Crippen MR) is 74.5 cm³/mol. The van der Waals surface area contributed by atoms with Crippen LogP contribution < -0.4 is 10.1 Å². The van der Waals surface area contributed by atoms with E-state index in [1.807, 2.05) is 22.8 Å². The smallest absolute Gasteiger partial charge is 0.221 e. The van der Waals surface area contributed by atoms with Gasteiger partial charge in [-0.15, -0.1) is 11.6 Å². The van der Waals surface area contributed by atoms with Crippen molar-refractivity contribution in [2.75, 3.05) is 14.2 Å². The van der Waals surface area contributed by atoms with Crippen molar-refractivity contribution in [2.45, 2.75) is 18.8 Å². The van der Waals surface area contributed by atoms with E-state index in [4.69, 9.17) is 16.3 Å². The highest BCUT2D eigenvalue weighted by Gasteiger charge is 2.11. The number of nitrogens with zero attached hydrogens (tertiary/aromatic N) is 2. The van der Waals surface area contributed by atoms with Gasteiger partial charge in [-0.1, -0.05) is 0 Å². The lowest BCUT2D eigenvalue weighted by Gasteiger charge is -2.07. The van der Waals surface area contributed by atoms with Gasteiger partial charge in [0.1, 0.15) is 11.6 Å². The van der Waals surface area contributed by atoms with E-state index in [1.54, 1.807) is 14.2 Å². The molecule has 0 saturated heterocycles. The first-order chi connectivity index (χ1) is 9.19. The Morgan fingerprint density at radius 1 is 1.53 bits per heavy atom. The van der Waals surface area contributed by atoms with E-state index in [1.165, 1.54) is 0 Å². The summed E-state index contributed by atoms with van der Waals surface area (Å²) in [6.07, 6.45) is 0.392. The van der Waals surface area contributed by atoms with E-state index in [2.05, 4.69) is 10.3 Å². The lowest BCUT2D eigenvalue weighted by Crippen LogP contribution is -2.20. The zero-order chi connectivity index (χ0) is 13.8. The predicted octanol–water partition coefficient (Wildman–Crippen LogP) is 1.92. The summed E-state index contributed by atoms with van der Waals surface area (Å²) in [6.45, 7) is 0.547. The largest absolute Gasteiger partial charge is 0.497 e. The van der Waals surface area contributed by atoms with Crippen molar-refractivity contribution in [3.05, 3.63) is 24.0 Å². The fourth-order valence-electron chi connectivity index (χ4n) is 1.97. The molecule has 6 heteroatoms. The van der Waals surface area contributed by atoms with Crippen LogP contribution in [0.15, 0.2) is 18.2 Å². The molecule has 0 bridgehead atoms. The van der Waals surface area contributed by atoms with Gasteiger partial charge in [0.2, 0.25) is 5.91 Å². The van der Waals surface area contributed by atoms with Gasteiger partial charge in [-0.2, -0.15) is 0 Å². The first kappa shape index (κ1) is 13.7. The molecular weight excluding hydrogens is 266 g/mol. The molecule has 1 aromatic carbocycles. The second-order valence-corrected chi connectivity index (χ2v) is 4.36. The fraction of sp³-hybridized carbons (Fsp3) is 0.385. The number of halogens is 1. The van der Waals surface area contributed by atoms with E-state index in [0.29, 0.717) is 18.8 Å². The third-order valence-corrected chi connectivity index (χ3v) is 3.23. The van der Waals surface area contributed by atoms with Gasteiger partial charge in [-0.05, 0) is 12.1 Å². The highest BCUT2D eigenvalue weighted by molar-refractivity contribution is 6.16. The average Bonchev–Trinajstić information content (AvgIpc) is 2.81. The molecule has 0 fully saturated rings. The number of carbonyl (C=O) groups excluding carboxylic acids is 1. The average molecular weight is 282 g/mol. The second-order valence-electron chi connectivity index (χ2n) is 4.09. The van der Waals surface area contributed by atoms with Crippen LogP contribution in [0.3, 0.4) is 0 Å². The van der Waals surface area contributed by atoms with Crippen molar-refractivity contribution < 1.29 is 9.53 Å². The summed E-state index contributed by atoms with van der Waals surface area (Å²) in [5.74, 6) is 1.82. The minimum Gasteiger partial charge on any atom is -0.497 e. The lowest BCUT2D eigenvalue weighted by atomic mass is 10.3. The normalized spacial score (nSPS) is 10.7. The van der Waals surface area contributed by atoms with Crippen LogP contribution >= 0.6 is 11.6 Å². The van der Waals surface area contributed by atoms with Gasteiger partial charge in [0.25, 0.3) is 0 Å². The van der Waals surface area contributed by atoms with E-state index in [9.17, 15) is 4.79 Å². The number of alkyl halides is 1. The molecule has 1 heterocycles. The Balaban J connectivity index is 2.40. The molecule has 0 unspecified atom stereocenters. The summed E-state index contributed by atoms with van der Waals surface area (Å²) in [4.78, 5) is 15.8. The van der Waals surface area contributed by atoms with Crippen molar-refractivity contribution in [2.24, 2.45) is 0 Å². The summed E-state index contributed by atoms with van der Waals surface area (Å²) in [5, 5.41) is 2.61. The third kappa shape index (κ3) is 2.81. The van der Waals surface area contributed by atoms with Gasteiger partial charge in [0.05, 0.1) is 24.0 Å². The molecule has 5 nitrogen and oxygen atoms in total. The second kappa shape index (κ2) is 5.93. The monoisotopic (exact) mass is 281 g/mol. The highest BCUT2D eigenvalue weighted by atomic mass is 35.5. The number of benzene rings is 1. The summed E-state index contributed by atoms with van der Waals surface area (Å²) in [5.41, 5.74) is 1.78. The molecule has 0 radical (unpaired) electrons. The molecule has 0 aliphatic carbocycles. The van der Waals surface area contributed by atoms with Crippen LogP contribution in [0.2, 0.25) is 0 Å². The number of ether oxygens (including phenoxy) is 1. The van der Waals surface area contributed by atoms with Crippen molar-refractivity contribution in [3.63, 3.8) is 0 Å². The van der Waals surface area contributed by atoms with Crippen LogP contribution in [0.4, 0.5) is 0 Å². The Kier molecular flexibility index (Phi) is 4.27. The van der Waals surface area contributed by atoms with Gasteiger partial charge in [-0.3, -0.25) is 4.79 Å². The molecule has 0 saturated carbocycles. The van der Waals surface area contributed by atoms with E-state index in [-0.39, 0.29) is 5.91 Å². The number of methoxy groups -OCH3 is 1. The third-order valence-electron chi connectivity index (χ3n) is 3.00. The number of hydrogen-bond donors (Lipinski definition) is 1. The van der Waals surface area contributed by atoms with Gasteiger partial charge in [-0.25, -0.2) is 4.98 Å². The van der Waals surface area contributed by atoms with E-state index >= 15 is 0 Å². The Bertz CT molecular complexity index is 595. The maximum absolute atomic E-state index is 11.4. The zero-order valence-corrected chi connectivity index (χ0v) is 11.7. The van der Waals surface area contributed by atoms with E-state index in [0.717, 1.165) is 22.6 Å². The molecule has 1 amide bonds. The van der Waals surface area contributed by atoms with Crippen molar-refractivity contribution in [3.8, 4) is 5.75 Å². The van der Waals surface area contributed by atoms with Gasteiger partial charge < -0.3 is 14.6 Å². The minimum atomic E-state index is -0.00901. The molecule has 1 aromatic heterocycles. The maximum atomic E-state index is 11.4. The quantitative estimate of drug-likeness (QED) is 0.852. The molecule has 0 atom stereocenters. The van der Waals surface area contributed by atoms with Crippen LogP contribution in [0.1, 0.15) is 12.2 Å². The first-order valence-electron chi connectivity index (χ1n) is 5.99. The van der Waals surface area contributed by atoms with Crippen LogP contribution in [0.5, 0.6) is 5.75 Å². The maximum Gasteiger partial charge on any atom is 0.221 e. The molecule has 2 aromatic rings. The minimum absolute atomic E-state index is 0.00901. The van der Waals surface area contributed by atoms with Crippen LogP contribution in [-0.2, 0) is 17.2 Å². The summed E-state index contributed by atoms with van der Waals surface area (Å²) in [6, 6.07) is 5.65. The number of imidazole rings is 1. The number of aromatic nitrogens is 2. The topological polar surface area (TPSA) is 56.2 Å². The zero-order valence-electron chi connectivity index (χ0n) is 10.9. The van der Waals surface area contributed by atoms with Gasteiger partial charge in [0, 0.05) is 26.1 Å². The number of aryl methyl sites for hydroxylation is 1. The number of carbonyl (C=O) groups is 1. The number of fused-ring (bicyclic) bond motifs is 1. The first-order valence-corrected chi connectivity index (χ1v) is 6.52. The Morgan fingerprint density at radius 3 is 2.95 bits per heavy atom. The highest BCUT2D eigenvalue weighted by Crippen LogP contribution is 2.23. The van der Waals surface area contributed by atoms with Crippen molar-refractivity contribution in [1.82, 2.24) is 14.9 Å². The van der Waals surface area contributed by atoms with E-state index < -0.39 is 0 Å². The molecule has 0 spiro atoms. The Hall–Kier alpha value is -1.75. The summed E-state index contributed by atoms with van der Waals surface area (Å²) in [7, 11) is 3.24. The van der Waals surface area contributed by atoms with Crippen molar-refractivity contribution in [1.29, 1.82) is 0 Å². The van der Waals surface area contributed by atoms with Crippen LogP contribution in [0, 0.1) is 0 Å². The molecule has 0 aliphatic rings. The molecule has 19 heavy (non-hydrogen) atoms. The van der Waals surface area contributed by atoms with Crippen LogP contribution in [0.25, 0.3) is 11.0 Å². The molecule has 1 N–H and O–H groups in total. The number of rotatable bonds is 5. The molecule has 0 aliphatic heterocycles. The van der Waals surface area contributed by atoms with Gasteiger partial charge >= 0.3 is 0 Å². The Labute approximate surface area is 116 Å². The Morgan fingerprint density at radius 2 is 2.32 bits per heavy atom. The molecule has 102 valence electrons. The fourth-order valence-corrected chi connectivity index (χ4v) is 2.17. The molecular formula is C13H16ClN3O2. The molecule has 2 rings (SSSR count). The standard InChI is InChI=1S/C13H16ClN3O2/c1-15-13(18)5-6-17-11-7-9(19-2)3-4-10(11)16-12(17)8-14/h3-4,7H,5-6,8H2,1-2H3,(H,15,18). The van der Waals surface area contributed by atoms with Crippen molar-refractivity contribution >= 4 is 28.5 Å². The van der Waals surface area contributed by atoms with Crippen LogP contribution in [-0.4, -0.2) is 29.6 Å².